The second kappa shape index (κ2) is 6.44. The van der Waals surface area contributed by atoms with Crippen molar-refractivity contribution in [3.8, 4) is 0 Å². The van der Waals surface area contributed by atoms with Crippen LogP contribution in [0.4, 0.5) is 0 Å². The maximum Gasteiger partial charge on any atom is 0.338 e. The van der Waals surface area contributed by atoms with Crippen LogP contribution in [0.15, 0.2) is 66.7 Å². The van der Waals surface area contributed by atoms with Crippen molar-refractivity contribution in [2.45, 2.75) is 6.92 Å². The molecule has 3 heteroatoms. The van der Waals surface area contributed by atoms with Crippen molar-refractivity contribution in [2.75, 3.05) is 6.61 Å². The molecule has 0 aliphatic heterocycles. The van der Waals surface area contributed by atoms with Gasteiger partial charge in [-0.3, -0.25) is 4.79 Å². The molecule has 0 radical (unpaired) electrons. The van der Waals surface area contributed by atoms with Gasteiger partial charge < -0.3 is 4.74 Å². The van der Waals surface area contributed by atoms with Crippen LogP contribution in [0.3, 0.4) is 0 Å². The highest BCUT2D eigenvalue weighted by Gasteiger charge is 2.12. The summed E-state index contributed by atoms with van der Waals surface area (Å²) >= 11 is 0. The van der Waals surface area contributed by atoms with E-state index < -0.39 is 5.97 Å². The Morgan fingerprint density at radius 2 is 1.52 bits per heavy atom. The molecule has 23 heavy (non-hydrogen) atoms. The van der Waals surface area contributed by atoms with Gasteiger partial charge in [0.05, 0.1) is 5.56 Å². The van der Waals surface area contributed by atoms with Crippen LogP contribution in [-0.4, -0.2) is 18.4 Å². The summed E-state index contributed by atoms with van der Waals surface area (Å²) in [5, 5.41) is 2.08. The van der Waals surface area contributed by atoms with Crippen LogP contribution >= 0.6 is 0 Å². The monoisotopic (exact) mass is 304 g/mol. The molecular formula is C20H16O3. The third-order valence-electron chi connectivity index (χ3n) is 3.66. The van der Waals surface area contributed by atoms with Gasteiger partial charge >= 0.3 is 5.97 Å². The smallest absolute Gasteiger partial charge is 0.338 e. The van der Waals surface area contributed by atoms with Crippen LogP contribution in [0.5, 0.6) is 0 Å². The SMILES string of the molecule is Cc1ccc2cc(C(=O)COC(=O)c3ccccc3)ccc2c1. The number of benzene rings is 3. The molecule has 0 aliphatic carbocycles. The molecule has 3 aromatic rings. The number of rotatable bonds is 4. The molecule has 0 saturated heterocycles. The Morgan fingerprint density at radius 3 is 2.30 bits per heavy atom. The number of ether oxygens (including phenoxy) is 1. The Morgan fingerprint density at radius 1 is 0.826 bits per heavy atom. The fourth-order valence-corrected chi connectivity index (χ4v) is 2.41. The van der Waals surface area contributed by atoms with E-state index in [0.29, 0.717) is 11.1 Å². The van der Waals surface area contributed by atoms with Crippen LogP contribution in [0, 0.1) is 6.92 Å². The molecule has 0 aromatic heterocycles. The Balaban J connectivity index is 1.71. The van der Waals surface area contributed by atoms with E-state index >= 15 is 0 Å². The zero-order valence-electron chi connectivity index (χ0n) is 12.8. The minimum atomic E-state index is -0.490. The van der Waals surface area contributed by atoms with Gasteiger partial charge in [-0.25, -0.2) is 4.79 Å². The molecule has 0 bridgehead atoms. The highest BCUT2D eigenvalue weighted by molar-refractivity contribution is 6.02. The number of hydrogen-bond donors (Lipinski definition) is 0. The number of carbonyl (C=O) groups excluding carboxylic acids is 2. The fourth-order valence-electron chi connectivity index (χ4n) is 2.41. The molecule has 0 heterocycles. The molecular weight excluding hydrogens is 288 g/mol. The first kappa shape index (κ1) is 15.0. The van der Waals surface area contributed by atoms with E-state index in [1.807, 2.05) is 37.3 Å². The van der Waals surface area contributed by atoms with Gasteiger partial charge in [0.25, 0.3) is 0 Å². The molecule has 0 fully saturated rings. The summed E-state index contributed by atoms with van der Waals surface area (Å²) in [5.41, 5.74) is 2.16. The van der Waals surface area contributed by atoms with Crippen LogP contribution in [-0.2, 0) is 4.74 Å². The minimum Gasteiger partial charge on any atom is -0.454 e. The maximum absolute atomic E-state index is 12.2. The second-order valence-corrected chi connectivity index (χ2v) is 5.43. The first-order chi connectivity index (χ1) is 11.1. The summed E-state index contributed by atoms with van der Waals surface area (Å²) in [6, 6.07) is 20.2. The molecule has 0 atom stereocenters. The number of ketones is 1. The molecule has 0 saturated carbocycles. The standard InChI is InChI=1S/C20H16O3/c1-14-7-8-17-12-18(10-9-16(17)11-14)19(21)13-23-20(22)15-5-3-2-4-6-15/h2-12H,13H2,1H3. The molecule has 0 spiro atoms. The first-order valence-corrected chi connectivity index (χ1v) is 7.39. The van der Waals surface area contributed by atoms with E-state index in [2.05, 4.69) is 6.07 Å². The summed E-state index contributed by atoms with van der Waals surface area (Å²) in [6.07, 6.45) is 0. The molecule has 3 aromatic carbocycles. The van der Waals surface area contributed by atoms with Crippen LogP contribution in [0.25, 0.3) is 10.8 Å². The fraction of sp³-hybridized carbons (Fsp3) is 0.100. The van der Waals surface area contributed by atoms with E-state index in [1.54, 1.807) is 30.3 Å². The number of carbonyl (C=O) groups is 2. The van der Waals surface area contributed by atoms with Crippen molar-refractivity contribution >= 4 is 22.5 Å². The summed E-state index contributed by atoms with van der Waals surface area (Å²) in [5.74, 6) is -0.702. The van der Waals surface area contributed by atoms with Crippen molar-refractivity contribution < 1.29 is 14.3 Å². The predicted molar refractivity (Wildman–Crippen MR) is 89.7 cm³/mol. The van der Waals surface area contributed by atoms with Crippen molar-refractivity contribution in [3.05, 3.63) is 83.4 Å². The summed E-state index contributed by atoms with van der Waals surface area (Å²) in [7, 11) is 0. The van der Waals surface area contributed by atoms with E-state index in [1.165, 1.54) is 5.56 Å². The van der Waals surface area contributed by atoms with Crippen LogP contribution in [0.2, 0.25) is 0 Å². The second-order valence-electron chi connectivity index (χ2n) is 5.43. The van der Waals surface area contributed by atoms with Gasteiger partial charge in [0.15, 0.2) is 12.4 Å². The van der Waals surface area contributed by atoms with Gasteiger partial charge in [0, 0.05) is 5.56 Å². The third-order valence-corrected chi connectivity index (χ3v) is 3.66. The molecule has 0 aliphatic rings. The quantitative estimate of drug-likeness (QED) is 0.536. The van der Waals surface area contributed by atoms with Gasteiger partial charge in [0.2, 0.25) is 0 Å². The lowest BCUT2D eigenvalue weighted by Crippen LogP contribution is -2.14. The van der Waals surface area contributed by atoms with Crippen LogP contribution in [0.1, 0.15) is 26.3 Å². The van der Waals surface area contributed by atoms with Crippen LogP contribution < -0.4 is 0 Å². The molecule has 3 rings (SSSR count). The topological polar surface area (TPSA) is 43.4 Å². The van der Waals surface area contributed by atoms with Crippen molar-refractivity contribution in [2.24, 2.45) is 0 Å². The average Bonchev–Trinajstić information content (AvgIpc) is 2.59. The lowest BCUT2D eigenvalue weighted by atomic mass is 10.0. The molecule has 3 nitrogen and oxygen atoms in total. The van der Waals surface area contributed by atoms with Gasteiger partial charge in [0.1, 0.15) is 0 Å². The van der Waals surface area contributed by atoms with Crippen molar-refractivity contribution in [1.82, 2.24) is 0 Å². The molecule has 114 valence electrons. The van der Waals surface area contributed by atoms with Gasteiger partial charge in [-0.15, -0.1) is 0 Å². The maximum atomic E-state index is 12.2. The summed E-state index contributed by atoms with van der Waals surface area (Å²) in [6.45, 7) is 1.77. The normalized spacial score (nSPS) is 10.5. The molecule has 0 amide bonds. The van der Waals surface area contributed by atoms with E-state index in [0.717, 1.165) is 10.8 Å². The van der Waals surface area contributed by atoms with Gasteiger partial charge in [-0.05, 0) is 35.9 Å². The number of aryl methyl sites for hydroxylation is 1. The molecule has 0 unspecified atom stereocenters. The highest BCUT2D eigenvalue weighted by atomic mass is 16.5. The van der Waals surface area contributed by atoms with Crippen molar-refractivity contribution in [1.29, 1.82) is 0 Å². The first-order valence-electron chi connectivity index (χ1n) is 7.39. The zero-order valence-corrected chi connectivity index (χ0v) is 12.8. The van der Waals surface area contributed by atoms with Crippen molar-refractivity contribution in [3.63, 3.8) is 0 Å². The number of hydrogen-bond acceptors (Lipinski definition) is 3. The van der Waals surface area contributed by atoms with E-state index in [4.69, 9.17) is 4.74 Å². The third kappa shape index (κ3) is 3.46. The largest absolute Gasteiger partial charge is 0.454 e. The Bertz CT molecular complexity index is 866. The highest BCUT2D eigenvalue weighted by Crippen LogP contribution is 2.18. The van der Waals surface area contributed by atoms with Gasteiger partial charge in [-0.2, -0.15) is 0 Å². The minimum absolute atomic E-state index is 0.211. The van der Waals surface area contributed by atoms with E-state index in [-0.39, 0.29) is 12.4 Å². The van der Waals surface area contributed by atoms with E-state index in [9.17, 15) is 9.59 Å². The zero-order chi connectivity index (χ0) is 16.2. The number of esters is 1. The Hall–Kier alpha value is -2.94. The Kier molecular flexibility index (Phi) is 4.20. The number of Topliss-reactive ketones (excluding diaryl/α,β-unsaturated/α-hetero) is 1. The summed E-state index contributed by atoms with van der Waals surface area (Å²) < 4.78 is 5.09. The lowest BCUT2D eigenvalue weighted by molar-refractivity contribution is 0.0475. The lowest BCUT2D eigenvalue weighted by Gasteiger charge is -2.06. The number of fused-ring (bicyclic) bond motifs is 1. The Labute approximate surface area is 134 Å². The predicted octanol–water partition coefficient (Wildman–Crippen LogP) is 4.19. The summed E-state index contributed by atoms with van der Waals surface area (Å²) in [4.78, 5) is 24.1. The average molecular weight is 304 g/mol. The molecule has 0 N–H and O–H groups in total. The van der Waals surface area contributed by atoms with Gasteiger partial charge in [-0.1, -0.05) is 54.1 Å².